The molecule has 0 saturated heterocycles. The molecule has 0 amide bonds. The molecule has 0 aliphatic heterocycles. The summed E-state index contributed by atoms with van der Waals surface area (Å²) in [5.74, 6) is 0. The Balaban J connectivity index is 3.92. The molecule has 0 fully saturated rings. The Morgan fingerprint density at radius 1 is 1.27 bits per heavy atom. The largest absolute Gasteiger partial charge is 0.314 e. The van der Waals surface area contributed by atoms with Crippen LogP contribution in [0.15, 0.2) is 12.2 Å². The van der Waals surface area contributed by atoms with Gasteiger partial charge in [0, 0.05) is 6.04 Å². The minimum absolute atomic E-state index is 0.365. The lowest BCUT2D eigenvalue weighted by molar-refractivity contribution is 0.254. The van der Waals surface area contributed by atoms with Gasteiger partial charge in [0.25, 0.3) is 0 Å². The van der Waals surface area contributed by atoms with Gasteiger partial charge in [-0.1, -0.05) is 46.8 Å². The van der Waals surface area contributed by atoms with E-state index in [1.54, 1.807) is 0 Å². The maximum Gasteiger partial charge on any atom is 0.0116 e. The summed E-state index contributed by atoms with van der Waals surface area (Å²) in [6.07, 6.45) is 4.84. The van der Waals surface area contributed by atoms with Crippen molar-refractivity contribution in [3.05, 3.63) is 12.2 Å². The zero-order valence-electron chi connectivity index (χ0n) is 11.3. The fourth-order valence-electron chi connectivity index (χ4n) is 1.82. The van der Waals surface area contributed by atoms with Crippen molar-refractivity contribution in [1.29, 1.82) is 0 Å². The molecule has 0 aliphatic carbocycles. The Morgan fingerprint density at radius 3 is 2.27 bits per heavy atom. The summed E-state index contributed by atoms with van der Waals surface area (Å²) in [7, 11) is 0. The van der Waals surface area contributed by atoms with Crippen molar-refractivity contribution in [2.75, 3.05) is 6.54 Å². The number of nitrogens with one attached hydrogen (secondary N) is 1. The summed E-state index contributed by atoms with van der Waals surface area (Å²) in [6, 6.07) is 0.632. The summed E-state index contributed by atoms with van der Waals surface area (Å²) in [5, 5.41) is 3.58. The van der Waals surface area contributed by atoms with Gasteiger partial charge in [0.15, 0.2) is 0 Å². The zero-order chi connectivity index (χ0) is 11.9. The third-order valence-electron chi connectivity index (χ3n) is 3.02. The molecule has 0 radical (unpaired) electrons. The highest BCUT2D eigenvalue weighted by Crippen LogP contribution is 2.24. The van der Waals surface area contributed by atoms with E-state index in [1.807, 2.05) is 0 Å². The fraction of sp³-hybridized carbons (Fsp3) is 0.857. The summed E-state index contributed by atoms with van der Waals surface area (Å²) in [6.45, 7) is 16.4. The van der Waals surface area contributed by atoms with Gasteiger partial charge in [-0.3, -0.25) is 0 Å². The molecule has 0 bridgehead atoms. The number of rotatable bonds is 7. The van der Waals surface area contributed by atoms with E-state index in [-0.39, 0.29) is 0 Å². The SMILES string of the molecule is C=C(CC)CCCC(NCC)C(C)(C)C. The van der Waals surface area contributed by atoms with E-state index in [0.29, 0.717) is 11.5 Å². The van der Waals surface area contributed by atoms with Crippen molar-refractivity contribution >= 4 is 0 Å². The van der Waals surface area contributed by atoms with Gasteiger partial charge >= 0.3 is 0 Å². The lowest BCUT2D eigenvalue weighted by Gasteiger charge is -2.31. The van der Waals surface area contributed by atoms with Gasteiger partial charge in [-0.2, -0.15) is 0 Å². The van der Waals surface area contributed by atoms with Gasteiger partial charge in [-0.25, -0.2) is 0 Å². The van der Waals surface area contributed by atoms with Crippen molar-refractivity contribution in [2.45, 2.75) is 66.3 Å². The predicted molar refractivity (Wildman–Crippen MR) is 70.2 cm³/mol. The minimum atomic E-state index is 0.365. The molecule has 1 unspecified atom stereocenters. The molecule has 1 heteroatoms. The van der Waals surface area contributed by atoms with Gasteiger partial charge in [-0.15, -0.1) is 0 Å². The molecule has 0 aliphatic rings. The van der Waals surface area contributed by atoms with Crippen LogP contribution in [0.2, 0.25) is 0 Å². The van der Waals surface area contributed by atoms with Crippen LogP contribution in [0.25, 0.3) is 0 Å². The van der Waals surface area contributed by atoms with E-state index in [0.717, 1.165) is 13.0 Å². The van der Waals surface area contributed by atoms with Crippen LogP contribution < -0.4 is 5.32 Å². The molecule has 0 saturated carbocycles. The van der Waals surface area contributed by atoms with Gasteiger partial charge in [0.2, 0.25) is 0 Å². The summed E-state index contributed by atoms with van der Waals surface area (Å²) < 4.78 is 0. The van der Waals surface area contributed by atoms with E-state index in [2.05, 4.69) is 46.5 Å². The first-order chi connectivity index (χ1) is 6.91. The average molecular weight is 211 g/mol. The quantitative estimate of drug-likeness (QED) is 0.624. The fourth-order valence-corrected chi connectivity index (χ4v) is 1.82. The van der Waals surface area contributed by atoms with Crippen LogP contribution in [0.5, 0.6) is 0 Å². The molecule has 0 aromatic heterocycles. The smallest absolute Gasteiger partial charge is 0.0116 e. The van der Waals surface area contributed by atoms with Crippen LogP contribution in [-0.2, 0) is 0 Å². The molecule has 0 rings (SSSR count). The zero-order valence-corrected chi connectivity index (χ0v) is 11.3. The van der Waals surface area contributed by atoms with Crippen LogP contribution in [0.3, 0.4) is 0 Å². The molecule has 0 aromatic rings. The monoisotopic (exact) mass is 211 g/mol. The van der Waals surface area contributed by atoms with Crippen LogP contribution in [-0.4, -0.2) is 12.6 Å². The number of allylic oxidation sites excluding steroid dienone is 1. The Hall–Kier alpha value is -0.300. The lowest BCUT2D eigenvalue weighted by Crippen LogP contribution is -2.40. The Bertz CT molecular complexity index is 176. The lowest BCUT2D eigenvalue weighted by atomic mass is 9.83. The molecular formula is C14H29N. The van der Waals surface area contributed by atoms with E-state index >= 15 is 0 Å². The minimum Gasteiger partial charge on any atom is -0.314 e. The highest BCUT2D eigenvalue weighted by molar-refractivity contribution is 4.92. The second-order valence-electron chi connectivity index (χ2n) is 5.47. The van der Waals surface area contributed by atoms with Crippen molar-refractivity contribution in [3.63, 3.8) is 0 Å². The summed E-state index contributed by atoms with van der Waals surface area (Å²) in [4.78, 5) is 0. The molecule has 0 aromatic carbocycles. The Morgan fingerprint density at radius 2 is 1.87 bits per heavy atom. The highest BCUT2D eigenvalue weighted by Gasteiger charge is 2.22. The maximum absolute atomic E-state index is 4.06. The standard InChI is InChI=1S/C14H29N/c1-7-12(3)10-9-11-13(15-8-2)14(4,5)6/h13,15H,3,7-11H2,1-2,4-6H3. The summed E-state index contributed by atoms with van der Waals surface area (Å²) in [5.41, 5.74) is 1.75. The van der Waals surface area contributed by atoms with Crippen molar-refractivity contribution in [1.82, 2.24) is 5.32 Å². The predicted octanol–water partition coefficient (Wildman–Crippen LogP) is 4.15. The molecule has 1 nitrogen and oxygen atoms in total. The second-order valence-corrected chi connectivity index (χ2v) is 5.47. The first kappa shape index (κ1) is 14.7. The first-order valence-corrected chi connectivity index (χ1v) is 6.31. The molecule has 15 heavy (non-hydrogen) atoms. The third kappa shape index (κ3) is 6.72. The van der Waals surface area contributed by atoms with E-state index in [9.17, 15) is 0 Å². The first-order valence-electron chi connectivity index (χ1n) is 6.31. The van der Waals surface area contributed by atoms with E-state index < -0.39 is 0 Å². The molecule has 1 N–H and O–H groups in total. The molecular weight excluding hydrogens is 182 g/mol. The van der Waals surface area contributed by atoms with Crippen molar-refractivity contribution < 1.29 is 0 Å². The molecule has 90 valence electrons. The number of hydrogen-bond acceptors (Lipinski definition) is 1. The molecule has 0 heterocycles. The summed E-state index contributed by atoms with van der Waals surface area (Å²) >= 11 is 0. The second kappa shape index (κ2) is 7.05. The van der Waals surface area contributed by atoms with Crippen LogP contribution in [0.1, 0.15) is 60.3 Å². The highest BCUT2D eigenvalue weighted by atomic mass is 14.9. The van der Waals surface area contributed by atoms with Crippen LogP contribution in [0, 0.1) is 5.41 Å². The average Bonchev–Trinajstić information content (AvgIpc) is 2.14. The maximum atomic E-state index is 4.06. The van der Waals surface area contributed by atoms with Gasteiger partial charge in [0.1, 0.15) is 0 Å². The molecule has 1 atom stereocenters. The normalized spacial score (nSPS) is 13.9. The van der Waals surface area contributed by atoms with Gasteiger partial charge in [0.05, 0.1) is 0 Å². The van der Waals surface area contributed by atoms with Crippen molar-refractivity contribution in [2.24, 2.45) is 5.41 Å². The topological polar surface area (TPSA) is 12.0 Å². The van der Waals surface area contributed by atoms with Crippen LogP contribution in [0.4, 0.5) is 0 Å². The van der Waals surface area contributed by atoms with Crippen LogP contribution >= 0.6 is 0 Å². The van der Waals surface area contributed by atoms with Gasteiger partial charge < -0.3 is 5.32 Å². The van der Waals surface area contributed by atoms with Gasteiger partial charge in [-0.05, 0) is 37.6 Å². The van der Waals surface area contributed by atoms with E-state index in [4.69, 9.17) is 0 Å². The Kier molecular flexibility index (Phi) is 6.91. The third-order valence-corrected chi connectivity index (χ3v) is 3.02. The molecule has 0 spiro atoms. The number of hydrogen-bond donors (Lipinski definition) is 1. The van der Waals surface area contributed by atoms with Crippen molar-refractivity contribution in [3.8, 4) is 0 Å². The van der Waals surface area contributed by atoms with E-state index in [1.165, 1.54) is 24.8 Å². The Labute approximate surface area is 96.3 Å².